The molecule has 20 heavy (non-hydrogen) atoms. The Bertz CT molecular complexity index is 186. The number of nitrogens with two attached hydrogens (primary N) is 1. The van der Waals surface area contributed by atoms with Crippen molar-refractivity contribution in [1.82, 2.24) is 0 Å². The van der Waals surface area contributed by atoms with Crippen LogP contribution in [0.25, 0.3) is 0 Å². The molecule has 3 N–H and O–H groups in total. The molecule has 2 atom stereocenters. The molecule has 122 valence electrons. The summed E-state index contributed by atoms with van der Waals surface area (Å²) in [4.78, 5) is 0. The van der Waals surface area contributed by atoms with Crippen molar-refractivity contribution in [3.63, 3.8) is 0 Å². The van der Waals surface area contributed by atoms with E-state index in [0.29, 0.717) is 6.61 Å². The highest BCUT2D eigenvalue weighted by molar-refractivity contribution is 4.66. The quantitative estimate of drug-likeness (QED) is 0.447. The van der Waals surface area contributed by atoms with Crippen LogP contribution in [0.2, 0.25) is 0 Å². The van der Waals surface area contributed by atoms with Crippen LogP contribution >= 0.6 is 0 Å². The molecule has 0 aliphatic heterocycles. The monoisotopic (exact) mass is 287 g/mol. The number of hydrogen-bond donors (Lipinski definition) is 2. The van der Waals surface area contributed by atoms with Gasteiger partial charge in [-0.15, -0.1) is 0 Å². The number of ether oxygens (including phenoxy) is 1. The molecule has 3 heteroatoms. The Labute approximate surface area is 126 Å². The Kier molecular flexibility index (Phi) is 15.2. The molecule has 0 saturated carbocycles. The summed E-state index contributed by atoms with van der Waals surface area (Å²) >= 11 is 0. The Balaban J connectivity index is 3.03. The summed E-state index contributed by atoms with van der Waals surface area (Å²) < 4.78 is 5.54. The molecule has 3 nitrogen and oxygen atoms in total. The van der Waals surface area contributed by atoms with Crippen LogP contribution in [-0.4, -0.2) is 30.5 Å². The fraction of sp³-hybridized carbons (Fsp3) is 1.00. The molecule has 0 aliphatic rings. The first-order valence-corrected chi connectivity index (χ1v) is 8.69. The zero-order chi connectivity index (χ0) is 15.1. The van der Waals surface area contributed by atoms with E-state index < -0.39 is 6.10 Å². The molecule has 0 fully saturated rings. The van der Waals surface area contributed by atoms with Crippen molar-refractivity contribution in [2.75, 3.05) is 13.2 Å². The van der Waals surface area contributed by atoms with Crippen LogP contribution in [-0.2, 0) is 4.74 Å². The second-order valence-electron chi connectivity index (χ2n) is 5.99. The van der Waals surface area contributed by atoms with E-state index in [1.54, 1.807) is 6.92 Å². The lowest BCUT2D eigenvalue weighted by Crippen LogP contribution is -2.33. The molecule has 0 rings (SSSR count). The summed E-state index contributed by atoms with van der Waals surface area (Å²) in [5.74, 6) is 0. The highest BCUT2D eigenvalue weighted by Crippen LogP contribution is 2.10. The number of hydrogen-bond acceptors (Lipinski definition) is 3. The first-order chi connectivity index (χ1) is 9.68. The third-order valence-corrected chi connectivity index (χ3v) is 3.86. The maximum atomic E-state index is 9.23. The van der Waals surface area contributed by atoms with Gasteiger partial charge >= 0.3 is 0 Å². The molecule has 0 bridgehead atoms. The topological polar surface area (TPSA) is 55.5 Å². The van der Waals surface area contributed by atoms with Crippen LogP contribution in [0.4, 0.5) is 0 Å². The third-order valence-electron chi connectivity index (χ3n) is 3.86. The minimum absolute atomic E-state index is 0.150. The predicted octanol–water partition coefficient (Wildman–Crippen LogP) is 4.02. The van der Waals surface area contributed by atoms with Gasteiger partial charge in [0.15, 0.2) is 0 Å². The number of unbranched alkanes of at least 4 members (excludes halogenated alkanes) is 9. The Morgan fingerprint density at radius 3 is 1.85 bits per heavy atom. The smallest absolute Gasteiger partial charge is 0.0663 e. The lowest BCUT2D eigenvalue weighted by molar-refractivity contribution is 0.0978. The molecule has 1 unspecified atom stereocenters. The lowest BCUT2D eigenvalue weighted by atomic mass is 10.1. The van der Waals surface area contributed by atoms with Crippen LogP contribution in [0, 0.1) is 0 Å². The van der Waals surface area contributed by atoms with Gasteiger partial charge in [-0.1, -0.05) is 64.7 Å². The highest BCUT2D eigenvalue weighted by atomic mass is 16.5. The number of aliphatic hydroxyl groups excluding tert-OH is 1. The van der Waals surface area contributed by atoms with E-state index in [-0.39, 0.29) is 6.04 Å². The van der Waals surface area contributed by atoms with Crippen LogP contribution in [0.5, 0.6) is 0 Å². The molecule has 0 saturated heterocycles. The van der Waals surface area contributed by atoms with Crippen molar-refractivity contribution >= 4 is 0 Å². The number of aliphatic hydroxyl groups is 1. The summed E-state index contributed by atoms with van der Waals surface area (Å²) in [5, 5.41) is 9.23. The normalized spacial score (nSPS) is 14.4. The fourth-order valence-corrected chi connectivity index (χ4v) is 2.25. The second kappa shape index (κ2) is 15.3. The predicted molar refractivity (Wildman–Crippen MR) is 86.9 cm³/mol. The van der Waals surface area contributed by atoms with Crippen molar-refractivity contribution in [2.24, 2.45) is 5.73 Å². The van der Waals surface area contributed by atoms with E-state index in [0.717, 1.165) is 19.4 Å². The average Bonchev–Trinajstić information content (AvgIpc) is 2.43. The molecule has 0 aromatic rings. The van der Waals surface area contributed by atoms with Crippen molar-refractivity contribution in [2.45, 2.75) is 96.6 Å². The second-order valence-corrected chi connectivity index (χ2v) is 5.99. The average molecular weight is 287 g/mol. The molecule has 0 aromatic heterocycles. The highest BCUT2D eigenvalue weighted by Gasteiger charge is 2.07. The van der Waals surface area contributed by atoms with E-state index in [1.807, 2.05) is 0 Å². The van der Waals surface area contributed by atoms with Gasteiger partial charge in [-0.05, 0) is 19.8 Å². The van der Waals surface area contributed by atoms with Crippen LogP contribution in [0.1, 0.15) is 84.5 Å². The summed E-state index contributed by atoms with van der Waals surface area (Å²) in [5.41, 5.74) is 5.73. The van der Waals surface area contributed by atoms with Gasteiger partial charge in [-0.2, -0.15) is 0 Å². The lowest BCUT2D eigenvalue weighted by Gasteiger charge is -2.14. The minimum Gasteiger partial charge on any atom is -0.392 e. The summed E-state index contributed by atoms with van der Waals surface area (Å²) in [7, 11) is 0. The molecule has 0 radical (unpaired) electrons. The van der Waals surface area contributed by atoms with Gasteiger partial charge in [-0.3, -0.25) is 0 Å². The maximum absolute atomic E-state index is 9.23. The molecular weight excluding hydrogens is 250 g/mol. The van der Waals surface area contributed by atoms with Crippen molar-refractivity contribution in [3.05, 3.63) is 0 Å². The van der Waals surface area contributed by atoms with Gasteiger partial charge in [-0.25, -0.2) is 0 Å². The zero-order valence-corrected chi connectivity index (χ0v) is 13.8. The van der Waals surface area contributed by atoms with Crippen molar-refractivity contribution in [3.8, 4) is 0 Å². The van der Waals surface area contributed by atoms with E-state index in [9.17, 15) is 5.11 Å². The third kappa shape index (κ3) is 14.3. The van der Waals surface area contributed by atoms with Crippen LogP contribution in [0.15, 0.2) is 0 Å². The summed E-state index contributed by atoms with van der Waals surface area (Å²) in [6, 6.07) is -0.150. The maximum Gasteiger partial charge on any atom is 0.0663 e. The molecule has 0 spiro atoms. The molecule has 0 aliphatic carbocycles. The first-order valence-electron chi connectivity index (χ1n) is 8.69. The molecular formula is C17H37NO2. The van der Waals surface area contributed by atoms with Gasteiger partial charge in [0.05, 0.1) is 6.10 Å². The van der Waals surface area contributed by atoms with Crippen LogP contribution < -0.4 is 5.73 Å². The largest absolute Gasteiger partial charge is 0.392 e. The zero-order valence-electron chi connectivity index (χ0n) is 13.8. The van der Waals surface area contributed by atoms with Gasteiger partial charge in [0.1, 0.15) is 0 Å². The van der Waals surface area contributed by atoms with Gasteiger partial charge in [0.2, 0.25) is 0 Å². The van der Waals surface area contributed by atoms with Gasteiger partial charge < -0.3 is 15.6 Å². The van der Waals surface area contributed by atoms with Gasteiger partial charge in [0.25, 0.3) is 0 Å². The Morgan fingerprint density at radius 1 is 0.850 bits per heavy atom. The van der Waals surface area contributed by atoms with Crippen LogP contribution in [0.3, 0.4) is 0 Å². The molecule has 0 amide bonds. The SMILES string of the molecule is CCCCCCCCCCCCOCCC(N)[C@H](C)O. The van der Waals surface area contributed by atoms with E-state index in [1.165, 1.54) is 57.8 Å². The Hall–Kier alpha value is -0.120. The molecule has 0 aromatic carbocycles. The standard InChI is InChI=1S/C17H37NO2/c1-3-4-5-6-7-8-9-10-11-12-14-20-15-13-17(18)16(2)19/h16-17,19H,3-15,18H2,1-2H3/t16-,17?/m0/s1. The summed E-state index contributed by atoms with van der Waals surface area (Å²) in [6.45, 7) is 5.50. The van der Waals surface area contributed by atoms with Gasteiger partial charge in [0, 0.05) is 19.3 Å². The molecule has 0 heterocycles. The summed E-state index contributed by atoms with van der Waals surface area (Å²) in [6.07, 6.45) is 13.8. The van der Waals surface area contributed by atoms with E-state index in [4.69, 9.17) is 10.5 Å². The van der Waals surface area contributed by atoms with Crippen molar-refractivity contribution in [1.29, 1.82) is 0 Å². The van der Waals surface area contributed by atoms with E-state index in [2.05, 4.69) is 6.92 Å². The fourth-order valence-electron chi connectivity index (χ4n) is 2.25. The number of rotatable bonds is 15. The Morgan fingerprint density at radius 2 is 1.35 bits per heavy atom. The van der Waals surface area contributed by atoms with E-state index >= 15 is 0 Å². The van der Waals surface area contributed by atoms with Crippen molar-refractivity contribution < 1.29 is 9.84 Å². The minimum atomic E-state index is -0.434. The first kappa shape index (κ1) is 19.9.